The molecule has 0 N–H and O–H groups in total. The van der Waals surface area contributed by atoms with Gasteiger partial charge in [-0.3, -0.25) is 4.79 Å². The van der Waals surface area contributed by atoms with Gasteiger partial charge in [-0.05, 0) is 32.4 Å². The van der Waals surface area contributed by atoms with Crippen molar-refractivity contribution in [3.8, 4) is 0 Å². The van der Waals surface area contributed by atoms with Crippen molar-refractivity contribution < 1.29 is 9.53 Å². The van der Waals surface area contributed by atoms with Gasteiger partial charge in [-0.15, -0.1) is 6.58 Å². The minimum absolute atomic E-state index is 0.0381. The normalized spacial score (nSPS) is 10.8. The summed E-state index contributed by atoms with van der Waals surface area (Å²) in [7, 11) is 0. The molecule has 0 aromatic heterocycles. The van der Waals surface area contributed by atoms with Crippen LogP contribution in [-0.2, 0) is 9.53 Å². The molecule has 0 rings (SSSR count). The van der Waals surface area contributed by atoms with Crippen LogP contribution in [0.3, 0.4) is 0 Å². The van der Waals surface area contributed by atoms with E-state index in [1.807, 2.05) is 6.08 Å². The predicted molar refractivity (Wildman–Crippen MR) is 85.9 cm³/mol. The SMILES string of the molecule is C=CCCCCCCCCC(=O)OCCN(CC)CC. The Morgan fingerprint density at radius 3 is 2.25 bits per heavy atom. The predicted octanol–water partition coefficient (Wildman–Crippen LogP) is 4.18. The molecule has 0 saturated heterocycles. The van der Waals surface area contributed by atoms with Crippen LogP contribution in [-0.4, -0.2) is 37.1 Å². The number of ether oxygens (including phenoxy) is 1. The van der Waals surface area contributed by atoms with Gasteiger partial charge in [-0.25, -0.2) is 0 Å². The maximum Gasteiger partial charge on any atom is 0.305 e. The van der Waals surface area contributed by atoms with Gasteiger partial charge in [0.1, 0.15) is 6.61 Å². The van der Waals surface area contributed by atoms with Gasteiger partial charge in [-0.1, -0.05) is 45.6 Å². The molecule has 0 fully saturated rings. The first kappa shape index (κ1) is 19.2. The number of hydrogen-bond donors (Lipinski definition) is 0. The third-order valence-electron chi connectivity index (χ3n) is 3.60. The van der Waals surface area contributed by atoms with Crippen LogP contribution in [0.5, 0.6) is 0 Å². The first-order chi connectivity index (χ1) is 9.74. The minimum atomic E-state index is -0.0381. The zero-order valence-electron chi connectivity index (χ0n) is 13.5. The van der Waals surface area contributed by atoms with E-state index in [1.165, 1.54) is 25.7 Å². The van der Waals surface area contributed by atoms with Gasteiger partial charge in [0.05, 0.1) is 0 Å². The fraction of sp³-hybridized carbons (Fsp3) is 0.824. The molecule has 20 heavy (non-hydrogen) atoms. The fourth-order valence-electron chi connectivity index (χ4n) is 2.17. The van der Waals surface area contributed by atoms with Gasteiger partial charge in [-0.2, -0.15) is 0 Å². The molecule has 0 heterocycles. The van der Waals surface area contributed by atoms with Gasteiger partial charge in [0.25, 0.3) is 0 Å². The first-order valence-corrected chi connectivity index (χ1v) is 8.23. The average Bonchev–Trinajstić information content (AvgIpc) is 2.46. The third-order valence-corrected chi connectivity index (χ3v) is 3.60. The molecular weight excluding hydrogens is 250 g/mol. The summed E-state index contributed by atoms with van der Waals surface area (Å²) in [6.07, 6.45) is 10.8. The van der Waals surface area contributed by atoms with Crippen LogP contribution in [0.4, 0.5) is 0 Å². The van der Waals surface area contributed by atoms with Crippen LogP contribution >= 0.6 is 0 Å². The van der Waals surface area contributed by atoms with Crippen molar-refractivity contribution in [1.82, 2.24) is 4.90 Å². The van der Waals surface area contributed by atoms with Gasteiger partial charge >= 0.3 is 5.97 Å². The highest BCUT2D eigenvalue weighted by atomic mass is 16.5. The molecule has 0 aromatic carbocycles. The van der Waals surface area contributed by atoms with Crippen molar-refractivity contribution in [2.45, 2.75) is 65.2 Å². The van der Waals surface area contributed by atoms with Gasteiger partial charge in [0.15, 0.2) is 0 Å². The highest BCUT2D eigenvalue weighted by Crippen LogP contribution is 2.09. The molecule has 0 atom stereocenters. The number of esters is 1. The van der Waals surface area contributed by atoms with Gasteiger partial charge in [0, 0.05) is 13.0 Å². The Morgan fingerprint density at radius 2 is 1.65 bits per heavy atom. The van der Waals surface area contributed by atoms with E-state index < -0.39 is 0 Å². The van der Waals surface area contributed by atoms with Crippen molar-refractivity contribution in [3.05, 3.63) is 12.7 Å². The smallest absolute Gasteiger partial charge is 0.305 e. The van der Waals surface area contributed by atoms with E-state index in [1.54, 1.807) is 0 Å². The largest absolute Gasteiger partial charge is 0.464 e. The molecule has 0 aliphatic carbocycles. The summed E-state index contributed by atoms with van der Waals surface area (Å²) in [6.45, 7) is 11.4. The van der Waals surface area contributed by atoms with Crippen LogP contribution in [0.25, 0.3) is 0 Å². The lowest BCUT2D eigenvalue weighted by molar-refractivity contribution is -0.144. The molecule has 0 radical (unpaired) electrons. The lowest BCUT2D eigenvalue weighted by Gasteiger charge is -2.17. The Morgan fingerprint density at radius 1 is 1.05 bits per heavy atom. The zero-order valence-corrected chi connectivity index (χ0v) is 13.5. The molecule has 0 saturated carbocycles. The van der Waals surface area contributed by atoms with Gasteiger partial charge < -0.3 is 9.64 Å². The Bertz CT molecular complexity index is 237. The maximum absolute atomic E-state index is 11.5. The van der Waals surface area contributed by atoms with E-state index in [-0.39, 0.29) is 5.97 Å². The van der Waals surface area contributed by atoms with Crippen molar-refractivity contribution in [3.63, 3.8) is 0 Å². The molecule has 3 heteroatoms. The summed E-state index contributed by atoms with van der Waals surface area (Å²) in [6, 6.07) is 0. The maximum atomic E-state index is 11.5. The number of nitrogens with zero attached hydrogens (tertiary/aromatic N) is 1. The topological polar surface area (TPSA) is 29.5 Å². The van der Waals surface area contributed by atoms with E-state index in [2.05, 4.69) is 25.3 Å². The highest BCUT2D eigenvalue weighted by Gasteiger charge is 2.04. The van der Waals surface area contributed by atoms with E-state index in [0.717, 1.165) is 38.9 Å². The number of likely N-dealkylation sites (N-methyl/N-ethyl adjacent to an activating group) is 1. The molecule has 0 spiro atoms. The number of carbonyl (C=O) groups excluding carboxylic acids is 1. The molecule has 0 bridgehead atoms. The Labute approximate surface area is 125 Å². The van der Waals surface area contributed by atoms with E-state index in [9.17, 15) is 4.79 Å². The third kappa shape index (κ3) is 12.2. The van der Waals surface area contributed by atoms with Crippen molar-refractivity contribution in [1.29, 1.82) is 0 Å². The van der Waals surface area contributed by atoms with Gasteiger partial charge in [0.2, 0.25) is 0 Å². The molecule has 0 aliphatic rings. The minimum Gasteiger partial charge on any atom is -0.464 e. The second-order valence-corrected chi connectivity index (χ2v) is 5.20. The lowest BCUT2D eigenvalue weighted by Crippen LogP contribution is -2.27. The average molecular weight is 283 g/mol. The number of hydrogen-bond acceptors (Lipinski definition) is 3. The number of carbonyl (C=O) groups is 1. The van der Waals surface area contributed by atoms with E-state index in [4.69, 9.17) is 4.74 Å². The fourth-order valence-corrected chi connectivity index (χ4v) is 2.17. The summed E-state index contributed by atoms with van der Waals surface area (Å²) in [4.78, 5) is 13.8. The number of allylic oxidation sites excluding steroid dienone is 1. The monoisotopic (exact) mass is 283 g/mol. The molecule has 0 aliphatic heterocycles. The van der Waals surface area contributed by atoms with Crippen molar-refractivity contribution in [2.24, 2.45) is 0 Å². The molecule has 0 amide bonds. The number of rotatable bonds is 14. The second-order valence-electron chi connectivity index (χ2n) is 5.20. The number of unbranched alkanes of at least 4 members (excludes halogenated alkanes) is 6. The molecular formula is C17H33NO2. The second kappa shape index (κ2) is 14.6. The molecule has 0 aromatic rings. The standard InChI is InChI=1S/C17H33NO2/c1-4-7-8-9-10-11-12-13-14-17(19)20-16-15-18(5-2)6-3/h4H,1,5-16H2,2-3H3. The molecule has 3 nitrogen and oxygen atoms in total. The Kier molecular flexibility index (Phi) is 14.0. The summed E-state index contributed by atoms with van der Waals surface area (Å²) in [5.41, 5.74) is 0. The Balaban J connectivity index is 3.30. The van der Waals surface area contributed by atoms with Crippen LogP contribution in [0.2, 0.25) is 0 Å². The summed E-state index contributed by atoms with van der Waals surface area (Å²) in [5.74, 6) is -0.0381. The lowest BCUT2D eigenvalue weighted by atomic mass is 10.1. The van der Waals surface area contributed by atoms with Crippen molar-refractivity contribution >= 4 is 5.97 Å². The van der Waals surface area contributed by atoms with Crippen LogP contribution in [0.15, 0.2) is 12.7 Å². The first-order valence-electron chi connectivity index (χ1n) is 8.23. The zero-order chi connectivity index (χ0) is 15.1. The highest BCUT2D eigenvalue weighted by molar-refractivity contribution is 5.69. The van der Waals surface area contributed by atoms with E-state index >= 15 is 0 Å². The quantitative estimate of drug-likeness (QED) is 0.272. The summed E-state index contributed by atoms with van der Waals surface area (Å²) >= 11 is 0. The summed E-state index contributed by atoms with van der Waals surface area (Å²) in [5, 5.41) is 0. The summed E-state index contributed by atoms with van der Waals surface area (Å²) < 4.78 is 5.24. The van der Waals surface area contributed by atoms with Crippen molar-refractivity contribution in [2.75, 3.05) is 26.2 Å². The van der Waals surface area contributed by atoms with Crippen LogP contribution in [0, 0.1) is 0 Å². The van der Waals surface area contributed by atoms with Crippen LogP contribution < -0.4 is 0 Å². The molecule has 118 valence electrons. The molecule has 0 unspecified atom stereocenters. The Hall–Kier alpha value is -0.830. The van der Waals surface area contributed by atoms with Crippen LogP contribution in [0.1, 0.15) is 65.2 Å². The van der Waals surface area contributed by atoms with E-state index in [0.29, 0.717) is 13.0 Å².